The minimum Gasteiger partial charge on any atom is -0.391 e. The third kappa shape index (κ3) is 3.95. The monoisotopic (exact) mass is 343 g/mol. The number of anilines is 1. The SMILES string of the molecule is CNc1ncc(C(=O)N2C[C@@H](CS(=O)(=O)N(C)C)[C@H](O)C2)cn1. The van der Waals surface area contributed by atoms with Crippen molar-refractivity contribution in [1.29, 1.82) is 0 Å². The fourth-order valence-electron chi connectivity index (χ4n) is 2.35. The molecule has 1 aromatic rings. The number of β-amino-alcohol motifs (C(OH)–C–C–N with tert-alkyl or cyclic N) is 1. The Morgan fingerprint density at radius 1 is 1.39 bits per heavy atom. The molecule has 2 rings (SSSR count). The molecule has 2 N–H and O–H groups in total. The van der Waals surface area contributed by atoms with Gasteiger partial charge in [-0.15, -0.1) is 0 Å². The van der Waals surface area contributed by atoms with Gasteiger partial charge in [-0.1, -0.05) is 0 Å². The first-order chi connectivity index (χ1) is 10.7. The summed E-state index contributed by atoms with van der Waals surface area (Å²) in [5, 5.41) is 12.8. The zero-order valence-corrected chi connectivity index (χ0v) is 14.1. The maximum absolute atomic E-state index is 12.4. The Hall–Kier alpha value is -1.78. The largest absolute Gasteiger partial charge is 0.391 e. The molecule has 1 aromatic heterocycles. The molecule has 0 spiro atoms. The number of rotatable bonds is 5. The molecule has 23 heavy (non-hydrogen) atoms. The van der Waals surface area contributed by atoms with E-state index in [4.69, 9.17) is 0 Å². The van der Waals surface area contributed by atoms with E-state index in [-0.39, 0.29) is 24.7 Å². The van der Waals surface area contributed by atoms with Gasteiger partial charge in [-0.2, -0.15) is 0 Å². The van der Waals surface area contributed by atoms with E-state index in [9.17, 15) is 18.3 Å². The van der Waals surface area contributed by atoms with Crippen LogP contribution in [-0.4, -0.2) is 84.7 Å². The topological polar surface area (TPSA) is 116 Å². The van der Waals surface area contributed by atoms with Crippen LogP contribution in [0.5, 0.6) is 0 Å². The fourth-order valence-corrected chi connectivity index (χ4v) is 3.52. The number of carbonyl (C=O) groups excluding carboxylic acids is 1. The molecule has 10 heteroatoms. The molecular weight excluding hydrogens is 322 g/mol. The molecule has 1 fully saturated rings. The maximum Gasteiger partial charge on any atom is 0.257 e. The molecule has 1 amide bonds. The summed E-state index contributed by atoms with van der Waals surface area (Å²) >= 11 is 0. The van der Waals surface area contributed by atoms with Gasteiger partial charge in [-0.3, -0.25) is 4.79 Å². The number of sulfonamides is 1. The second kappa shape index (κ2) is 6.77. The van der Waals surface area contributed by atoms with Crippen LogP contribution in [0.3, 0.4) is 0 Å². The minimum absolute atomic E-state index is 0.0974. The molecule has 0 saturated carbocycles. The maximum atomic E-state index is 12.4. The molecule has 128 valence electrons. The van der Waals surface area contributed by atoms with Crippen molar-refractivity contribution in [3.63, 3.8) is 0 Å². The van der Waals surface area contributed by atoms with E-state index in [1.807, 2.05) is 0 Å². The number of aliphatic hydroxyl groups is 1. The van der Waals surface area contributed by atoms with Crippen LogP contribution >= 0.6 is 0 Å². The third-order valence-corrected chi connectivity index (χ3v) is 5.76. The van der Waals surface area contributed by atoms with Gasteiger partial charge in [0.1, 0.15) is 0 Å². The second-order valence-corrected chi connectivity index (χ2v) is 7.87. The summed E-state index contributed by atoms with van der Waals surface area (Å²) in [7, 11) is 1.12. The van der Waals surface area contributed by atoms with Crippen LogP contribution in [0.25, 0.3) is 0 Å². The van der Waals surface area contributed by atoms with Gasteiger partial charge >= 0.3 is 0 Å². The quantitative estimate of drug-likeness (QED) is 0.693. The predicted molar refractivity (Wildman–Crippen MR) is 84.5 cm³/mol. The minimum atomic E-state index is -3.43. The normalized spacial score (nSPS) is 21.7. The van der Waals surface area contributed by atoms with Gasteiger partial charge < -0.3 is 15.3 Å². The molecule has 2 atom stereocenters. The van der Waals surface area contributed by atoms with Crippen LogP contribution in [0.4, 0.5) is 5.95 Å². The first kappa shape index (κ1) is 17.6. The Morgan fingerprint density at radius 3 is 2.52 bits per heavy atom. The standard InChI is InChI=1S/C13H21N5O4S/c1-14-13-15-4-9(5-16-13)12(20)18-6-10(11(19)7-18)8-23(21,22)17(2)3/h4-5,10-11,19H,6-8H2,1-3H3,(H,14,15,16)/t10-,11+/m0/s1. The lowest BCUT2D eigenvalue weighted by Gasteiger charge is -2.18. The average Bonchev–Trinajstić information content (AvgIpc) is 2.87. The van der Waals surface area contributed by atoms with Crippen molar-refractivity contribution in [2.24, 2.45) is 5.92 Å². The smallest absolute Gasteiger partial charge is 0.257 e. The highest BCUT2D eigenvalue weighted by Crippen LogP contribution is 2.21. The van der Waals surface area contributed by atoms with E-state index in [0.717, 1.165) is 4.31 Å². The predicted octanol–water partition coefficient (Wildman–Crippen LogP) is -1.16. The average molecular weight is 343 g/mol. The Bertz CT molecular complexity index is 661. The molecule has 2 heterocycles. The Kier molecular flexibility index (Phi) is 5.17. The Balaban J connectivity index is 2.06. The molecule has 0 aliphatic carbocycles. The summed E-state index contributed by atoms with van der Waals surface area (Å²) in [6.45, 7) is 0.279. The van der Waals surface area contributed by atoms with E-state index in [1.54, 1.807) is 7.05 Å². The second-order valence-electron chi connectivity index (χ2n) is 5.64. The van der Waals surface area contributed by atoms with E-state index in [1.165, 1.54) is 31.4 Å². The van der Waals surface area contributed by atoms with Gasteiger partial charge in [0.2, 0.25) is 16.0 Å². The molecule has 0 unspecified atom stereocenters. The van der Waals surface area contributed by atoms with Crippen molar-refractivity contribution >= 4 is 21.9 Å². The molecule has 1 aliphatic heterocycles. The number of aliphatic hydroxyl groups excluding tert-OH is 1. The number of aromatic nitrogens is 2. The highest BCUT2D eigenvalue weighted by atomic mass is 32.2. The van der Waals surface area contributed by atoms with Crippen molar-refractivity contribution in [2.45, 2.75) is 6.10 Å². The van der Waals surface area contributed by atoms with E-state index < -0.39 is 22.0 Å². The first-order valence-corrected chi connectivity index (χ1v) is 8.73. The molecule has 1 saturated heterocycles. The Morgan fingerprint density at radius 2 is 2.00 bits per heavy atom. The number of hydrogen-bond donors (Lipinski definition) is 2. The summed E-state index contributed by atoms with van der Waals surface area (Å²) in [4.78, 5) is 21.8. The Labute approximate surface area is 135 Å². The highest BCUT2D eigenvalue weighted by Gasteiger charge is 2.37. The van der Waals surface area contributed by atoms with Crippen molar-refractivity contribution in [3.05, 3.63) is 18.0 Å². The van der Waals surface area contributed by atoms with Crippen molar-refractivity contribution in [1.82, 2.24) is 19.2 Å². The molecule has 0 bridgehead atoms. The first-order valence-electron chi connectivity index (χ1n) is 7.12. The van der Waals surface area contributed by atoms with E-state index >= 15 is 0 Å². The van der Waals surface area contributed by atoms with Crippen LogP contribution in [0.2, 0.25) is 0 Å². The van der Waals surface area contributed by atoms with Gasteiger partial charge in [0.25, 0.3) is 5.91 Å². The third-order valence-electron chi connectivity index (χ3n) is 3.80. The van der Waals surface area contributed by atoms with Gasteiger partial charge in [0, 0.05) is 52.5 Å². The van der Waals surface area contributed by atoms with Gasteiger partial charge in [-0.25, -0.2) is 22.7 Å². The summed E-state index contributed by atoms with van der Waals surface area (Å²) in [5.41, 5.74) is 0.298. The van der Waals surface area contributed by atoms with Crippen LogP contribution in [0, 0.1) is 5.92 Å². The zero-order valence-electron chi connectivity index (χ0n) is 13.3. The van der Waals surface area contributed by atoms with Crippen LogP contribution in [0.15, 0.2) is 12.4 Å². The number of hydrogen-bond acceptors (Lipinski definition) is 7. The lowest BCUT2D eigenvalue weighted by atomic mass is 10.1. The van der Waals surface area contributed by atoms with Crippen LogP contribution in [-0.2, 0) is 10.0 Å². The summed E-state index contributed by atoms with van der Waals surface area (Å²) in [6, 6.07) is 0. The molecule has 0 aromatic carbocycles. The number of likely N-dealkylation sites (tertiary alicyclic amines) is 1. The highest BCUT2D eigenvalue weighted by molar-refractivity contribution is 7.89. The van der Waals surface area contributed by atoms with E-state index in [0.29, 0.717) is 11.5 Å². The van der Waals surface area contributed by atoms with Gasteiger partial charge in [0.15, 0.2) is 0 Å². The fraction of sp³-hybridized carbons (Fsp3) is 0.615. The lowest BCUT2D eigenvalue weighted by molar-refractivity contribution is 0.0764. The van der Waals surface area contributed by atoms with Gasteiger partial charge in [-0.05, 0) is 0 Å². The van der Waals surface area contributed by atoms with Crippen molar-refractivity contribution in [2.75, 3.05) is 45.3 Å². The van der Waals surface area contributed by atoms with Crippen LogP contribution < -0.4 is 5.32 Å². The molecule has 9 nitrogen and oxygen atoms in total. The zero-order chi connectivity index (χ0) is 17.2. The molecular formula is C13H21N5O4S. The number of amides is 1. The summed E-state index contributed by atoms with van der Waals surface area (Å²) in [5.74, 6) is -0.626. The summed E-state index contributed by atoms with van der Waals surface area (Å²) in [6.07, 6.45) is 1.93. The summed E-state index contributed by atoms with van der Waals surface area (Å²) < 4.78 is 25.0. The molecule has 0 radical (unpaired) electrons. The molecule has 1 aliphatic rings. The number of carbonyl (C=O) groups is 1. The number of nitrogens with one attached hydrogen (secondary N) is 1. The number of nitrogens with zero attached hydrogens (tertiary/aromatic N) is 4. The van der Waals surface area contributed by atoms with E-state index in [2.05, 4.69) is 15.3 Å². The van der Waals surface area contributed by atoms with Crippen LogP contribution in [0.1, 0.15) is 10.4 Å². The van der Waals surface area contributed by atoms with Crippen molar-refractivity contribution in [3.8, 4) is 0 Å². The van der Waals surface area contributed by atoms with Crippen molar-refractivity contribution < 1.29 is 18.3 Å². The van der Waals surface area contributed by atoms with Gasteiger partial charge in [0.05, 0.1) is 17.4 Å². The lowest BCUT2D eigenvalue weighted by Crippen LogP contribution is -2.33.